The van der Waals surface area contributed by atoms with E-state index in [0.717, 1.165) is 24.3 Å². The first-order valence-corrected chi connectivity index (χ1v) is 20.5. The number of halogens is 7. The molecule has 0 saturated carbocycles. The van der Waals surface area contributed by atoms with E-state index in [-0.39, 0.29) is 57.9 Å². The lowest BCUT2D eigenvalue weighted by atomic mass is 10.1. The number of aliphatic carboxylic acids is 1. The molecule has 4 aromatic rings. The number of ether oxygens (including phenoxy) is 3. The van der Waals surface area contributed by atoms with Crippen LogP contribution >= 0.6 is 19.2 Å². The van der Waals surface area contributed by atoms with E-state index in [0.29, 0.717) is 0 Å². The molecule has 0 aliphatic rings. The molecule has 0 aliphatic heterocycles. The van der Waals surface area contributed by atoms with Gasteiger partial charge in [-0.1, -0.05) is 29.8 Å². The number of nitro groups is 1. The van der Waals surface area contributed by atoms with Gasteiger partial charge in [0.1, 0.15) is 17.3 Å². The standard InChI is InChI=1S/C15H11ClF3NO4.C15H16F3N5O4S.C3H8NO5P/c1-2-23-14-8-10(4-5-12(14)20(21)22)24-13-6-3-9(7-11(13)16)15(17,18)19;1-9-19-12(22-14(20-9)27-2)21-13(24)23-28(25,26)11-6-4-3-5-10(11)7-8-15(16,17)18;5-3(6)1-4-2-10(7,8)9/h3-8H,2H2,1H3;3-6H,7-8H2,1-2H3,(H2,19,20,21,22,23,24);4H,1-2H2,(H,5,6)(H2,7,8,9). The quantitative estimate of drug-likeness (QED) is 0.0323. The van der Waals surface area contributed by atoms with Crippen molar-refractivity contribution < 1.29 is 82.9 Å². The maximum atomic E-state index is 12.6. The molecule has 6 N–H and O–H groups in total. The van der Waals surface area contributed by atoms with Crippen molar-refractivity contribution in [3.05, 3.63) is 92.8 Å². The summed E-state index contributed by atoms with van der Waals surface area (Å²) in [6, 6.07) is 10.2. The smallest absolute Gasteiger partial charge is 0.416 e. The summed E-state index contributed by atoms with van der Waals surface area (Å²) in [4.78, 5) is 59.4. The average Bonchev–Trinajstić information content (AvgIpc) is 3.13. The Kier molecular flexibility index (Phi) is 19.3. The lowest BCUT2D eigenvalue weighted by Crippen LogP contribution is -2.35. The number of nitrogens with zero attached hydrogens (tertiary/aromatic N) is 4. The minimum Gasteiger partial charge on any atom is -0.487 e. The first-order chi connectivity index (χ1) is 28.6. The van der Waals surface area contributed by atoms with E-state index in [1.807, 2.05) is 0 Å². The average molecular weight is 950 g/mol. The fourth-order valence-electron chi connectivity index (χ4n) is 4.33. The zero-order valence-corrected chi connectivity index (χ0v) is 34.5. The normalized spacial score (nSPS) is 11.5. The number of aromatic nitrogens is 3. The molecule has 0 atom stereocenters. The molecule has 4 rings (SSSR count). The lowest BCUT2D eigenvalue weighted by Gasteiger charge is -2.13. The number of carbonyl (C=O) groups is 2. The van der Waals surface area contributed by atoms with Gasteiger partial charge in [0, 0.05) is 18.6 Å². The van der Waals surface area contributed by atoms with E-state index in [1.54, 1.807) is 11.6 Å². The third-order valence-electron chi connectivity index (χ3n) is 6.81. The highest BCUT2D eigenvalue weighted by Gasteiger charge is 2.31. The van der Waals surface area contributed by atoms with Gasteiger partial charge in [-0.15, -0.1) is 0 Å². The van der Waals surface area contributed by atoms with Crippen LogP contribution in [0, 0.1) is 17.0 Å². The van der Waals surface area contributed by atoms with Crippen LogP contribution in [0.4, 0.5) is 42.8 Å². The van der Waals surface area contributed by atoms with Gasteiger partial charge in [-0.2, -0.15) is 41.3 Å². The molecular weight excluding hydrogens is 915 g/mol. The Morgan fingerprint density at radius 3 is 2.19 bits per heavy atom. The summed E-state index contributed by atoms with van der Waals surface area (Å²) in [5.41, 5.74) is -1.22. The summed E-state index contributed by atoms with van der Waals surface area (Å²) in [5, 5.41) is 22.8. The van der Waals surface area contributed by atoms with Crippen molar-refractivity contribution in [2.75, 3.05) is 31.9 Å². The number of amides is 2. The van der Waals surface area contributed by atoms with Crippen LogP contribution in [0.1, 0.15) is 30.3 Å². The van der Waals surface area contributed by atoms with Crippen molar-refractivity contribution in [2.45, 2.75) is 43.9 Å². The maximum absolute atomic E-state index is 12.6. The third kappa shape index (κ3) is 18.8. The van der Waals surface area contributed by atoms with Crippen molar-refractivity contribution in [1.29, 1.82) is 0 Å². The van der Waals surface area contributed by atoms with Crippen molar-refractivity contribution >= 4 is 52.9 Å². The van der Waals surface area contributed by atoms with Gasteiger partial charge >= 0.3 is 43.6 Å². The molecule has 29 heteroatoms. The number of nitrogens with one attached hydrogen (secondary N) is 3. The van der Waals surface area contributed by atoms with Crippen LogP contribution in [0.5, 0.6) is 23.3 Å². The highest BCUT2D eigenvalue weighted by molar-refractivity contribution is 7.90. The number of hydrogen-bond donors (Lipinski definition) is 6. The van der Waals surface area contributed by atoms with Crippen LogP contribution in [0.15, 0.2) is 65.6 Å². The summed E-state index contributed by atoms with van der Waals surface area (Å²) in [6.07, 6.45) is -11.3. The Balaban J connectivity index is 0.000000354. The summed E-state index contributed by atoms with van der Waals surface area (Å²) >= 11 is 5.80. The molecule has 0 spiro atoms. The predicted molar refractivity (Wildman–Crippen MR) is 205 cm³/mol. The number of methoxy groups -OCH3 is 1. The van der Waals surface area contributed by atoms with Crippen LogP contribution in [0.2, 0.25) is 5.02 Å². The Hall–Kier alpha value is -5.86. The van der Waals surface area contributed by atoms with Gasteiger partial charge in [0.15, 0.2) is 0 Å². The van der Waals surface area contributed by atoms with E-state index >= 15 is 0 Å². The topological polar surface area (TPSA) is 292 Å². The Morgan fingerprint density at radius 1 is 0.984 bits per heavy atom. The van der Waals surface area contributed by atoms with Crippen LogP contribution < -0.4 is 29.6 Å². The molecule has 2 amide bonds. The number of carbonyl (C=O) groups excluding carboxylic acids is 1. The van der Waals surface area contributed by atoms with E-state index in [1.165, 1.54) is 50.4 Å². The summed E-state index contributed by atoms with van der Waals surface area (Å²) in [6.45, 7) is 2.92. The summed E-state index contributed by atoms with van der Waals surface area (Å²) in [7, 11) is -7.24. The molecular formula is C33H35ClF6N7O13PS. The highest BCUT2D eigenvalue weighted by Crippen LogP contribution is 2.38. The Morgan fingerprint density at radius 2 is 1.65 bits per heavy atom. The maximum Gasteiger partial charge on any atom is 0.416 e. The molecule has 20 nitrogen and oxygen atoms in total. The summed E-state index contributed by atoms with van der Waals surface area (Å²) < 4.78 is 127. The fourth-order valence-corrected chi connectivity index (χ4v) is 6.13. The SMILES string of the molecule is CCOc1cc(Oc2ccc(C(F)(F)F)cc2Cl)ccc1[N+](=O)[O-].COc1nc(C)nc(NC(=O)NS(=O)(=O)c2ccccc2CCC(F)(F)F)n1.O=C(O)CNCP(=O)(O)O. The largest absolute Gasteiger partial charge is 0.487 e. The second kappa shape index (κ2) is 22.8. The predicted octanol–water partition coefficient (Wildman–Crippen LogP) is 6.45. The van der Waals surface area contributed by atoms with E-state index in [2.05, 4.69) is 25.6 Å². The second-order valence-corrected chi connectivity index (χ2v) is 15.4. The molecule has 1 aromatic heterocycles. The zero-order valence-electron chi connectivity index (χ0n) is 32.0. The highest BCUT2D eigenvalue weighted by atomic mass is 35.5. The number of urea groups is 1. The molecule has 0 unspecified atom stereocenters. The number of rotatable bonds is 15. The zero-order chi connectivity index (χ0) is 47.1. The van der Waals surface area contributed by atoms with Crippen molar-refractivity contribution in [2.24, 2.45) is 0 Å². The Bertz CT molecular complexity index is 2360. The van der Waals surface area contributed by atoms with Crippen LogP contribution in [0.3, 0.4) is 0 Å². The summed E-state index contributed by atoms with van der Waals surface area (Å²) in [5.74, 6) is -1.08. The molecule has 0 fully saturated rings. The van der Waals surface area contributed by atoms with Crippen molar-refractivity contribution in [3.63, 3.8) is 0 Å². The van der Waals surface area contributed by atoms with Gasteiger partial charge in [0.25, 0.3) is 10.0 Å². The molecule has 3 aromatic carbocycles. The van der Waals surface area contributed by atoms with Gasteiger partial charge in [-0.3, -0.25) is 30.1 Å². The number of anilines is 1. The Labute approximate surface area is 352 Å². The first-order valence-electron chi connectivity index (χ1n) is 16.8. The lowest BCUT2D eigenvalue weighted by molar-refractivity contribution is -0.385. The molecule has 0 saturated heterocycles. The molecule has 0 radical (unpaired) electrons. The van der Waals surface area contributed by atoms with E-state index in [9.17, 15) is 59.0 Å². The number of sulfonamides is 1. The number of nitro benzene ring substituents is 1. The number of carboxylic acids is 1. The van der Waals surface area contributed by atoms with E-state index in [4.69, 9.17) is 40.7 Å². The minimum atomic E-state index is -4.52. The van der Waals surface area contributed by atoms with Gasteiger partial charge in [0.05, 0.1) is 47.0 Å². The van der Waals surface area contributed by atoms with Crippen molar-refractivity contribution in [3.8, 4) is 23.3 Å². The first kappa shape index (κ1) is 52.3. The molecule has 62 heavy (non-hydrogen) atoms. The molecule has 0 bridgehead atoms. The van der Waals surface area contributed by atoms with Gasteiger partial charge in [0.2, 0.25) is 11.7 Å². The molecule has 1 heterocycles. The fraction of sp³-hybridized carbons (Fsp3) is 0.303. The number of benzene rings is 3. The van der Waals surface area contributed by atoms with Gasteiger partial charge < -0.3 is 29.1 Å². The number of aryl methyl sites for hydroxylation is 2. The van der Waals surface area contributed by atoms with Crippen LogP contribution in [0.25, 0.3) is 0 Å². The monoisotopic (exact) mass is 949 g/mol. The number of alkyl halides is 6. The van der Waals surface area contributed by atoms with Crippen LogP contribution in [-0.4, -0.2) is 87.9 Å². The van der Waals surface area contributed by atoms with Gasteiger partial charge in [-0.25, -0.2) is 17.9 Å². The number of hydrogen-bond acceptors (Lipinski definition) is 14. The molecule has 340 valence electrons. The van der Waals surface area contributed by atoms with Gasteiger partial charge in [-0.05, 0) is 56.2 Å². The minimum absolute atomic E-state index is 0.0111. The number of carboxylic acid groups (broad SMARTS) is 1. The third-order valence-corrected chi connectivity index (χ3v) is 9.17. The van der Waals surface area contributed by atoms with E-state index < -0.39 is 83.0 Å². The van der Waals surface area contributed by atoms with Crippen molar-refractivity contribution in [1.82, 2.24) is 25.0 Å². The second-order valence-electron chi connectivity index (χ2n) is 11.7. The van der Waals surface area contributed by atoms with Crippen LogP contribution in [-0.2, 0) is 32.0 Å². The molecule has 0 aliphatic carbocycles.